The van der Waals surface area contributed by atoms with Crippen molar-refractivity contribution in [2.45, 2.75) is 46.4 Å². The van der Waals surface area contributed by atoms with Crippen molar-refractivity contribution in [3.63, 3.8) is 0 Å². The molecule has 0 aliphatic heterocycles. The number of para-hydroxylation sites is 1. The number of carbonyl (C=O) groups is 1. The Labute approximate surface area is 130 Å². The van der Waals surface area contributed by atoms with E-state index >= 15 is 0 Å². The van der Waals surface area contributed by atoms with Gasteiger partial charge in [-0.2, -0.15) is 8.78 Å². The molecule has 1 N–H and O–H groups in total. The molecule has 0 bridgehead atoms. The van der Waals surface area contributed by atoms with Gasteiger partial charge in [-0.1, -0.05) is 25.1 Å². The third kappa shape index (κ3) is 6.85. The first-order valence-electron chi connectivity index (χ1n) is 7.27. The maximum atomic E-state index is 12.4. The van der Waals surface area contributed by atoms with Crippen LogP contribution in [0, 0.1) is 0 Å². The molecule has 0 unspecified atom stereocenters. The second-order valence-corrected chi connectivity index (χ2v) is 6.09. The largest absolute Gasteiger partial charge is 0.434 e. The first-order chi connectivity index (χ1) is 10.2. The van der Waals surface area contributed by atoms with Gasteiger partial charge in [0.05, 0.1) is 6.54 Å². The third-order valence-corrected chi connectivity index (χ3v) is 2.91. The topological polar surface area (TPSA) is 41.6 Å². The molecular formula is C16H24F2N2O2. The van der Waals surface area contributed by atoms with E-state index in [-0.39, 0.29) is 23.7 Å². The van der Waals surface area contributed by atoms with Gasteiger partial charge in [-0.3, -0.25) is 9.69 Å². The van der Waals surface area contributed by atoms with Gasteiger partial charge in [-0.05, 0) is 33.4 Å². The highest BCUT2D eigenvalue weighted by Gasteiger charge is 2.17. The zero-order valence-corrected chi connectivity index (χ0v) is 13.5. The second kappa shape index (κ2) is 8.08. The molecule has 1 rings (SSSR count). The van der Waals surface area contributed by atoms with Gasteiger partial charge in [-0.15, -0.1) is 0 Å². The highest BCUT2D eigenvalue weighted by atomic mass is 19.3. The van der Waals surface area contributed by atoms with E-state index in [4.69, 9.17) is 0 Å². The van der Waals surface area contributed by atoms with Gasteiger partial charge in [0.25, 0.3) is 0 Å². The summed E-state index contributed by atoms with van der Waals surface area (Å²) in [6.45, 7) is 5.99. The molecule has 0 saturated carbocycles. The molecule has 0 fully saturated rings. The van der Waals surface area contributed by atoms with Crippen LogP contribution in [-0.2, 0) is 11.3 Å². The number of ether oxygens (including phenoxy) is 1. The number of benzene rings is 1. The second-order valence-electron chi connectivity index (χ2n) is 6.09. The average molecular weight is 314 g/mol. The van der Waals surface area contributed by atoms with Crippen molar-refractivity contribution in [3.8, 4) is 5.75 Å². The molecular weight excluding hydrogens is 290 g/mol. The summed E-state index contributed by atoms with van der Waals surface area (Å²) in [6, 6.07) is 6.63. The van der Waals surface area contributed by atoms with Crippen molar-refractivity contribution < 1.29 is 18.3 Å². The Morgan fingerprint density at radius 3 is 2.50 bits per heavy atom. The molecule has 0 heterocycles. The van der Waals surface area contributed by atoms with Crippen LogP contribution >= 0.6 is 0 Å². The molecule has 1 aromatic carbocycles. The summed E-state index contributed by atoms with van der Waals surface area (Å²) in [5.74, 6) is 0.0498. The molecule has 4 nitrogen and oxygen atoms in total. The van der Waals surface area contributed by atoms with Crippen LogP contribution in [0.2, 0.25) is 0 Å². The Hall–Kier alpha value is -1.69. The number of alkyl halides is 2. The van der Waals surface area contributed by atoms with E-state index < -0.39 is 6.61 Å². The number of rotatable bonds is 7. The fraction of sp³-hybridized carbons (Fsp3) is 0.562. The molecule has 0 saturated heterocycles. The van der Waals surface area contributed by atoms with Crippen LogP contribution < -0.4 is 10.1 Å². The van der Waals surface area contributed by atoms with E-state index in [0.717, 1.165) is 0 Å². The minimum atomic E-state index is -2.86. The summed E-state index contributed by atoms with van der Waals surface area (Å²) in [7, 11) is 0. The number of amides is 1. The molecule has 1 aromatic rings. The van der Waals surface area contributed by atoms with Crippen molar-refractivity contribution in [3.05, 3.63) is 29.8 Å². The minimum Gasteiger partial charge on any atom is -0.434 e. The molecule has 22 heavy (non-hydrogen) atoms. The van der Waals surface area contributed by atoms with E-state index in [1.807, 2.05) is 32.6 Å². The number of halogens is 2. The van der Waals surface area contributed by atoms with E-state index in [1.165, 1.54) is 6.07 Å². The van der Waals surface area contributed by atoms with Crippen LogP contribution in [0.15, 0.2) is 24.3 Å². The Balaban J connectivity index is 2.72. The number of carbonyl (C=O) groups excluding carboxylic acids is 1. The zero-order valence-electron chi connectivity index (χ0n) is 13.5. The standard InChI is InChI=1S/C16H24F2N2O2/c1-5-20(11-14(21)19-16(2,3)4)10-12-8-6-7-9-13(12)22-15(17)18/h6-9,15H,5,10-11H2,1-4H3,(H,19,21). The molecule has 124 valence electrons. The number of hydrogen-bond donors (Lipinski definition) is 1. The highest BCUT2D eigenvalue weighted by molar-refractivity contribution is 5.78. The van der Waals surface area contributed by atoms with Crippen molar-refractivity contribution in [2.75, 3.05) is 13.1 Å². The summed E-state index contributed by atoms with van der Waals surface area (Å²) in [5, 5.41) is 2.88. The minimum absolute atomic E-state index is 0.0957. The Morgan fingerprint density at radius 1 is 1.32 bits per heavy atom. The number of likely N-dealkylation sites (N-methyl/N-ethyl adjacent to an activating group) is 1. The van der Waals surface area contributed by atoms with Gasteiger partial charge < -0.3 is 10.1 Å². The van der Waals surface area contributed by atoms with Crippen molar-refractivity contribution >= 4 is 5.91 Å². The fourth-order valence-electron chi connectivity index (χ4n) is 2.03. The van der Waals surface area contributed by atoms with Crippen molar-refractivity contribution in [2.24, 2.45) is 0 Å². The van der Waals surface area contributed by atoms with Crippen LogP contribution in [0.3, 0.4) is 0 Å². The number of hydrogen-bond acceptors (Lipinski definition) is 3. The molecule has 0 aromatic heterocycles. The van der Waals surface area contributed by atoms with Gasteiger partial charge in [0, 0.05) is 17.6 Å². The smallest absolute Gasteiger partial charge is 0.387 e. The predicted octanol–water partition coefficient (Wildman–Crippen LogP) is 3.02. The lowest BCUT2D eigenvalue weighted by molar-refractivity contribution is -0.123. The quantitative estimate of drug-likeness (QED) is 0.841. The normalized spacial score (nSPS) is 11.8. The molecule has 0 radical (unpaired) electrons. The van der Waals surface area contributed by atoms with Crippen LogP contribution in [0.1, 0.15) is 33.3 Å². The van der Waals surface area contributed by atoms with Crippen LogP contribution in [0.5, 0.6) is 5.75 Å². The van der Waals surface area contributed by atoms with Gasteiger partial charge in [-0.25, -0.2) is 0 Å². The molecule has 0 aliphatic carbocycles. The average Bonchev–Trinajstić information content (AvgIpc) is 2.37. The van der Waals surface area contributed by atoms with E-state index in [1.54, 1.807) is 18.2 Å². The highest BCUT2D eigenvalue weighted by Crippen LogP contribution is 2.21. The summed E-state index contributed by atoms with van der Waals surface area (Å²) in [5.41, 5.74) is 0.334. The van der Waals surface area contributed by atoms with Crippen molar-refractivity contribution in [1.82, 2.24) is 10.2 Å². The number of nitrogens with zero attached hydrogens (tertiary/aromatic N) is 1. The van der Waals surface area contributed by atoms with Gasteiger partial charge in [0.2, 0.25) is 5.91 Å². The van der Waals surface area contributed by atoms with E-state index in [9.17, 15) is 13.6 Å². The fourth-order valence-corrected chi connectivity index (χ4v) is 2.03. The SMILES string of the molecule is CCN(CC(=O)NC(C)(C)C)Cc1ccccc1OC(F)F. The third-order valence-electron chi connectivity index (χ3n) is 2.91. The summed E-state index contributed by atoms with van der Waals surface area (Å²) in [6.07, 6.45) is 0. The lowest BCUT2D eigenvalue weighted by Gasteiger charge is -2.25. The Morgan fingerprint density at radius 2 is 1.95 bits per heavy atom. The first-order valence-corrected chi connectivity index (χ1v) is 7.27. The first kappa shape index (κ1) is 18.4. The summed E-state index contributed by atoms with van der Waals surface area (Å²) in [4.78, 5) is 13.8. The molecule has 0 spiro atoms. The van der Waals surface area contributed by atoms with E-state index in [0.29, 0.717) is 18.7 Å². The molecule has 6 heteroatoms. The molecule has 0 aliphatic rings. The van der Waals surface area contributed by atoms with Gasteiger partial charge >= 0.3 is 6.61 Å². The Bertz CT molecular complexity index is 487. The monoisotopic (exact) mass is 314 g/mol. The van der Waals surface area contributed by atoms with Gasteiger partial charge in [0.15, 0.2) is 0 Å². The van der Waals surface area contributed by atoms with Crippen LogP contribution in [0.25, 0.3) is 0 Å². The maximum absolute atomic E-state index is 12.4. The predicted molar refractivity (Wildman–Crippen MR) is 81.9 cm³/mol. The van der Waals surface area contributed by atoms with Gasteiger partial charge in [0.1, 0.15) is 5.75 Å². The molecule has 0 atom stereocenters. The van der Waals surface area contributed by atoms with Crippen LogP contribution in [-0.4, -0.2) is 36.0 Å². The summed E-state index contributed by atoms with van der Waals surface area (Å²) < 4.78 is 29.3. The maximum Gasteiger partial charge on any atom is 0.387 e. The summed E-state index contributed by atoms with van der Waals surface area (Å²) >= 11 is 0. The lowest BCUT2D eigenvalue weighted by atomic mass is 10.1. The lowest BCUT2D eigenvalue weighted by Crippen LogP contribution is -2.45. The van der Waals surface area contributed by atoms with Crippen LogP contribution in [0.4, 0.5) is 8.78 Å². The van der Waals surface area contributed by atoms with Crippen molar-refractivity contribution in [1.29, 1.82) is 0 Å². The molecule has 1 amide bonds. The number of nitrogens with one attached hydrogen (secondary N) is 1. The van der Waals surface area contributed by atoms with E-state index in [2.05, 4.69) is 10.1 Å². The Kier molecular flexibility index (Phi) is 6.74. The zero-order chi connectivity index (χ0) is 16.8.